The van der Waals surface area contributed by atoms with Crippen LogP contribution in [0.1, 0.15) is 68.1 Å². The first-order chi connectivity index (χ1) is 18.1. The molecule has 3 aliphatic carbocycles. The standard InChI is InChI=1S/C27H34F4N2O5/c1-37-21-13-20(28)22(38-18-7-3-15(14-34)4-8-18)12-19(21)25(35)33-24-17-6-5-16(11-17)23(24)26(36)32-10-2-9-27(29,30)31/h12-18,23-24H,2-11H2,1H3,(H,32,36)(H,33,35). The average Bonchev–Trinajstić information content (AvgIpc) is 3.49. The van der Waals surface area contributed by atoms with Gasteiger partial charge in [0, 0.05) is 31.0 Å². The molecular formula is C27H34F4N2O5. The smallest absolute Gasteiger partial charge is 0.389 e. The van der Waals surface area contributed by atoms with Crippen molar-refractivity contribution in [2.75, 3.05) is 13.7 Å². The highest BCUT2D eigenvalue weighted by molar-refractivity contribution is 5.98. The van der Waals surface area contributed by atoms with Crippen molar-refractivity contribution in [2.45, 2.75) is 76.1 Å². The van der Waals surface area contributed by atoms with Gasteiger partial charge in [0.25, 0.3) is 5.91 Å². The van der Waals surface area contributed by atoms with Gasteiger partial charge in [-0.15, -0.1) is 0 Å². The van der Waals surface area contributed by atoms with Crippen molar-refractivity contribution in [3.8, 4) is 11.5 Å². The zero-order valence-corrected chi connectivity index (χ0v) is 21.3. The Morgan fingerprint density at radius 3 is 2.42 bits per heavy atom. The molecular weight excluding hydrogens is 508 g/mol. The Balaban J connectivity index is 1.44. The Morgan fingerprint density at radius 1 is 1.05 bits per heavy atom. The number of hydrogen-bond donors (Lipinski definition) is 2. The summed E-state index contributed by atoms with van der Waals surface area (Å²) in [6.07, 6.45) is 0.113. The zero-order chi connectivity index (χ0) is 27.4. The molecule has 2 N–H and O–H groups in total. The third-order valence-corrected chi connectivity index (χ3v) is 8.16. The van der Waals surface area contributed by atoms with Crippen molar-refractivity contribution in [1.29, 1.82) is 0 Å². The number of carbonyl (C=O) groups is 3. The number of fused-ring (bicyclic) bond motifs is 2. The molecule has 7 nitrogen and oxygen atoms in total. The van der Waals surface area contributed by atoms with Crippen LogP contribution in [-0.2, 0) is 9.59 Å². The number of amides is 2. The number of rotatable bonds is 10. The fraction of sp³-hybridized carbons (Fsp3) is 0.667. The van der Waals surface area contributed by atoms with E-state index in [1.807, 2.05) is 0 Å². The number of hydrogen-bond acceptors (Lipinski definition) is 5. The van der Waals surface area contributed by atoms with Gasteiger partial charge in [0.05, 0.1) is 24.7 Å². The molecule has 0 heterocycles. The number of alkyl halides is 3. The van der Waals surface area contributed by atoms with Crippen molar-refractivity contribution < 1.29 is 41.4 Å². The highest BCUT2D eigenvalue weighted by Crippen LogP contribution is 2.49. The van der Waals surface area contributed by atoms with E-state index in [-0.39, 0.29) is 59.8 Å². The lowest BCUT2D eigenvalue weighted by atomic mass is 9.83. The molecule has 4 atom stereocenters. The predicted molar refractivity (Wildman–Crippen MR) is 129 cm³/mol. The summed E-state index contributed by atoms with van der Waals surface area (Å²) in [5.41, 5.74) is 0.0672. The van der Waals surface area contributed by atoms with E-state index in [4.69, 9.17) is 9.47 Å². The van der Waals surface area contributed by atoms with Crippen LogP contribution in [0.5, 0.6) is 11.5 Å². The van der Waals surface area contributed by atoms with Crippen molar-refractivity contribution in [2.24, 2.45) is 23.7 Å². The Kier molecular flexibility index (Phi) is 8.82. The van der Waals surface area contributed by atoms with Gasteiger partial charge in [-0.05, 0) is 69.3 Å². The van der Waals surface area contributed by atoms with Crippen molar-refractivity contribution in [1.82, 2.24) is 10.6 Å². The van der Waals surface area contributed by atoms with Crippen LogP contribution in [0.3, 0.4) is 0 Å². The molecule has 11 heteroatoms. The molecule has 0 saturated heterocycles. The summed E-state index contributed by atoms with van der Waals surface area (Å²) in [5.74, 6) is -2.08. The molecule has 3 fully saturated rings. The fourth-order valence-corrected chi connectivity index (χ4v) is 6.22. The first-order valence-electron chi connectivity index (χ1n) is 13.2. The maximum atomic E-state index is 14.8. The number of benzene rings is 1. The van der Waals surface area contributed by atoms with Gasteiger partial charge in [0.2, 0.25) is 5.91 Å². The van der Waals surface area contributed by atoms with Crippen molar-refractivity contribution in [3.63, 3.8) is 0 Å². The first kappa shape index (κ1) is 28.2. The Bertz CT molecular complexity index is 1030. The summed E-state index contributed by atoms with van der Waals surface area (Å²) in [7, 11) is 1.32. The second kappa shape index (κ2) is 11.9. The number of aldehydes is 1. The second-order valence-corrected chi connectivity index (χ2v) is 10.6. The molecule has 4 unspecified atom stereocenters. The summed E-state index contributed by atoms with van der Waals surface area (Å²) in [4.78, 5) is 37.3. The molecule has 0 aromatic heterocycles. The fourth-order valence-electron chi connectivity index (χ4n) is 6.22. The molecule has 1 aromatic rings. The number of nitrogens with one attached hydrogen (secondary N) is 2. The minimum absolute atomic E-state index is 0.0200. The van der Waals surface area contributed by atoms with Crippen LogP contribution in [0, 0.1) is 29.5 Å². The summed E-state index contributed by atoms with van der Waals surface area (Å²) in [6.45, 7) is -0.0891. The van der Waals surface area contributed by atoms with Crippen LogP contribution in [0.4, 0.5) is 17.6 Å². The first-order valence-corrected chi connectivity index (χ1v) is 13.2. The lowest BCUT2D eigenvalue weighted by Crippen LogP contribution is -2.50. The van der Waals surface area contributed by atoms with Crippen LogP contribution >= 0.6 is 0 Å². The highest BCUT2D eigenvalue weighted by atomic mass is 19.4. The number of methoxy groups -OCH3 is 1. The molecule has 0 aliphatic heterocycles. The third-order valence-electron chi connectivity index (χ3n) is 8.16. The number of halogens is 4. The summed E-state index contributed by atoms with van der Waals surface area (Å²) >= 11 is 0. The van der Waals surface area contributed by atoms with Crippen LogP contribution < -0.4 is 20.1 Å². The largest absolute Gasteiger partial charge is 0.496 e. The second-order valence-electron chi connectivity index (χ2n) is 10.6. The average molecular weight is 543 g/mol. The minimum atomic E-state index is -4.28. The van der Waals surface area contributed by atoms with E-state index in [2.05, 4.69) is 10.6 Å². The lowest BCUT2D eigenvalue weighted by Gasteiger charge is -2.31. The van der Waals surface area contributed by atoms with Crippen LogP contribution in [0.25, 0.3) is 0 Å². The molecule has 210 valence electrons. The predicted octanol–water partition coefficient (Wildman–Crippen LogP) is 4.57. The summed E-state index contributed by atoms with van der Waals surface area (Å²) in [5, 5.41) is 5.54. The van der Waals surface area contributed by atoms with E-state index < -0.39 is 36.3 Å². The van der Waals surface area contributed by atoms with Gasteiger partial charge >= 0.3 is 6.18 Å². The van der Waals surface area contributed by atoms with E-state index in [0.29, 0.717) is 25.7 Å². The van der Waals surface area contributed by atoms with E-state index in [0.717, 1.165) is 31.6 Å². The van der Waals surface area contributed by atoms with Gasteiger partial charge < -0.3 is 24.9 Å². The molecule has 3 aliphatic rings. The zero-order valence-electron chi connectivity index (χ0n) is 21.3. The lowest BCUT2D eigenvalue weighted by molar-refractivity contribution is -0.137. The van der Waals surface area contributed by atoms with E-state index in [1.54, 1.807) is 0 Å². The molecule has 0 radical (unpaired) electrons. The van der Waals surface area contributed by atoms with Gasteiger partial charge in [0.1, 0.15) is 12.0 Å². The van der Waals surface area contributed by atoms with Crippen LogP contribution in [-0.4, -0.2) is 50.1 Å². The SMILES string of the molecule is COc1cc(F)c(OC2CCC(C=O)CC2)cc1C(=O)NC1C2CCC(C2)C1C(=O)NCCCC(F)(F)F. The van der Waals surface area contributed by atoms with Gasteiger partial charge in [-0.1, -0.05) is 0 Å². The summed E-state index contributed by atoms with van der Waals surface area (Å²) < 4.78 is 63.2. The highest BCUT2D eigenvalue weighted by Gasteiger charge is 2.51. The van der Waals surface area contributed by atoms with E-state index in [1.165, 1.54) is 13.2 Å². The van der Waals surface area contributed by atoms with Crippen molar-refractivity contribution in [3.05, 3.63) is 23.5 Å². The van der Waals surface area contributed by atoms with Crippen LogP contribution in [0.15, 0.2) is 12.1 Å². The third kappa shape index (κ3) is 6.58. The minimum Gasteiger partial charge on any atom is -0.496 e. The molecule has 1 aromatic carbocycles. The van der Waals surface area contributed by atoms with Gasteiger partial charge in [-0.25, -0.2) is 4.39 Å². The topological polar surface area (TPSA) is 93.7 Å². The van der Waals surface area contributed by atoms with Gasteiger partial charge in [-0.3, -0.25) is 9.59 Å². The van der Waals surface area contributed by atoms with E-state index >= 15 is 0 Å². The van der Waals surface area contributed by atoms with Crippen LogP contribution in [0.2, 0.25) is 0 Å². The molecule has 38 heavy (non-hydrogen) atoms. The van der Waals surface area contributed by atoms with Crippen molar-refractivity contribution >= 4 is 18.1 Å². The Labute approximate surface area is 219 Å². The molecule has 2 bridgehead atoms. The van der Waals surface area contributed by atoms with Gasteiger partial charge in [0.15, 0.2) is 11.6 Å². The summed E-state index contributed by atoms with van der Waals surface area (Å²) in [6, 6.07) is 1.91. The maximum absolute atomic E-state index is 14.8. The quantitative estimate of drug-likeness (QED) is 0.257. The maximum Gasteiger partial charge on any atom is 0.389 e. The van der Waals surface area contributed by atoms with E-state index in [9.17, 15) is 31.9 Å². The normalized spacial score (nSPS) is 28.6. The number of carbonyl (C=O) groups excluding carboxylic acids is 3. The molecule has 0 spiro atoms. The molecule has 3 saturated carbocycles. The molecule has 2 amide bonds. The van der Waals surface area contributed by atoms with Gasteiger partial charge in [-0.2, -0.15) is 13.2 Å². The Hall–Kier alpha value is -2.85. The number of ether oxygens (including phenoxy) is 2. The Morgan fingerprint density at radius 2 is 1.76 bits per heavy atom. The monoisotopic (exact) mass is 542 g/mol. The molecule has 4 rings (SSSR count).